The van der Waals surface area contributed by atoms with Crippen LogP contribution >= 0.6 is 0 Å². The van der Waals surface area contributed by atoms with Gasteiger partial charge in [0, 0.05) is 21.5 Å². The van der Waals surface area contributed by atoms with Crippen LogP contribution in [0.3, 0.4) is 0 Å². The quantitative estimate of drug-likeness (QED) is 0.141. The summed E-state index contributed by atoms with van der Waals surface area (Å²) >= 11 is 0. The van der Waals surface area contributed by atoms with Crippen molar-refractivity contribution < 1.29 is 8.78 Å². The van der Waals surface area contributed by atoms with Gasteiger partial charge in [0.2, 0.25) is 6.19 Å². The number of hydrogen-bond acceptors (Lipinski definition) is 7. The lowest BCUT2D eigenvalue weighted by Gasteiger charge is -2.02. The van der Waals surface area contributed by atoms with E-state index in [1.807, 2.05) is 0 Å². The first-order valence-electron chi connectivity index (χ1n) is 10.6. The maximum absolute atomic E-state index is 14.0. The van der Waals surface area contributed by atoms with Gasteiger partial charge in [-0.25, -0.2) is 28.7 Å². The molecule has 2 aromatic heterocycles. The van der Waals surface area contributed by atoms with Crippen molar-refractivity contribution in [2.45, 2.75) is 0 Å². The van der Waals surface area contributed by atoms with E-state index in [2.05, 4.69) is 15.0 Å². The van der Waals surface area contributed by atoms with Crippen molar-refractivity contribution in [2.24, 2.45) is 10.1 Å². The topological polar surface area (TPSA) is 104 Å². The maximum atomic E-state index is 14.0. The molecule has 0 saturated heterocycles. The SMILES string of the molecule is [C-]#[N+]/N=c1/c2cc(F)ccc2c2nc3cc4nc5c(=NC#N)c6cc(F)ccc6c5nc4cc3nc12. The van der Waals surface area contributed by atoms with Crippen LogP contribution < -0.4 is 10.7 Å². The lowest BCUT2D eigenvalue weighted by molar-refractivity contribution is 0.629. The van der Waals surface area contributed by atoms with Crippen LogP contribution in [-0.2, 0) is 0 Å². The van der Waals surface area contributed by atoms with Crippen LogP contribution in [0.5, 0.6) is 0 Å². The van der Waals surface area contributed by atoms with E-state index in [0.29, 0.717) is 65.7 Å². The minimum absolute atomic E-state index is 0.257. The summed E-state index contributed by atoms with van der Waals surface area (Å²) in [7, 11) is 0. The van der Waals surface area contributed by atoms with Gasteiger partial charge in [0.1, 0.15) is 28.0 Å². The molecule has 0 radical (unpaired) electrons. The number of hydrogen-bond donors (Lipinski definition) is 0. The molecule has 0 unspecified atom stereocenters. The predicted molar refractivity (Wildman–Crippen MR) is 128 cm³/mol. The van der Waals surface area contributed by atoms with Crippen molar-refractivity contribution in [1.29, 1.82) is 5.26 Å². The van der Waals surface area contributed by atoms with E-state index in [1.165, 1.54) is 24.3 Å². The molecule has 7 rings (SSSR count). The molecule has 5 aromatic carbocycles. The second kappa shape index (κ2) is 7.01. The minimum Gasteiger partial charge on any atom is -0.244 e. The van der Waals surface area contributed by atoms with E-state index in [0.717, 1.165) is 0 Å². The van der Waals surface area contributed by atoms with Crippen molar-refractivity contribution in [1.82, 2.24) is 19.9 Å². The molecule has 0 amide bonds. The van der Waals surface area contributed by atoms with Crippen LogP contribution in [0.15, 0.2) is 58.6 Å². The molecule has 0 aliphatic heterocycles. The van der Waals surface area contributed by atoms with Gasteiger partial charge in [0.05, 0.1) is 38.2 Å². The molecule has 0 aliphatic rings. The molecule has 7 aromatic rings. The van der Waals surface area contributed by atoms with Gasteiger partial charge in [-0.05, 0) is 48.5 Å². The fraction of sp³-hybridized carbons (Fsp3) is 0. The van der Waals surface area contributed by atoms with Crippen LogP contribution in [-0.4, -0.2) is 19.9 Å². The zero-order valence-corrected chi connectivity index (χ0v) is 18.0. The smallest absolute Gasteiger partial charge is 0.206 e. The van der Waals surface area contributed by atoms with Crippen molar-refractivity contribution in [3.05, 3.63) is 82.4 Å². The zero-order valence-electron chi connectivity index (χ0n) is 18.0. The van der Waals surface area contributed by atoms with Gasteiger partial charge in [-0.3, -0.25) is 0 Å². The molecule has 0 atom stereocenters. The summed E-state index contributed by atoms with van der Waals surface area (Å²) < 4.78 is 27.9. The highest BCUT2D eigenvalue weighted by molar-refractivity contribution is 6.12. The Morgan fingerprint density at radius 2 is 1.14 bits per heavy atom. The zero-order chi connectivity index (χ0) is 24.6. The molecule has 0 spiro atoms. The Morgan fingerprint density at radius 1 is 0.667 bits per heavy atom. The summed E-state index contributed by atoms with van der Waals surface area (Å²) in [6.07, 6.45) is 1.76. The molecule has 0 aliphatic carbocycles. The average molecular weight is 470 g/mol. The Balaban J connectivity index is 1.63. The van der Waals surface area contributed by atoms with Gasteiger partial charge in [0.15, 0.2) is 5.36 Å². The lowest BCUT2D eigenvalue weighted by atomic mass is 10.2. The van der Waals surface area contributed by atoms with Gasteiger partial charge >= 0.3 is 0 Å². The van der Waals surface area contributed by atoms with Gasteiger partial charge in [-0.15, -0.1) is 4.95 Å². The number of benzene rings is 3. The molecule has 0 fully saturated rings. The molecule has 166 valence electrons. The minimum atomic E-state index is -0.456. The average Bonchev–Trinajstić information content (AvgIpc) is 3.31. The fourth-order valence-corrected chi connectivity index (χ4v) is 4.72. The van der Waals surface area contributed by atoms with Crippen molar-refractivity contribution >= 4 is 65.7 Å². The number of fused-ring (bicyclic) bond motifs is 8. The highest BCUT2D eigenvalue weighted by atomic mass is 19.1. The largest absolute Gasteiger partial charge is 0.244 e. The van der Waals surface area contributed by atoms with Crippen LogP contribution in [0.4, 0.5) is 8.78 Å². The fourth-order valence-electron chi connectivity index (χ4n) is 4.72. The summed E-state index contributed by atoms with van der Waals surface area (Å²) in [5.41, 5.74) is 3.74. The Bertz CT molecular complexity index is 2150. The molecule has 36 heavy (non-hydrogen) atoms. The summed E-state index contributed by atoms with van der Waals surface area (Å²) in [6.45, 7) is 7.19. The molecule has 2 heterocycles. The lowest BCUT2D eigenvalue weighted by Crippen LogP contribution is -2.02. The van der Waals surface area contributed by atoms with E-state index in [9.17, 15) is 14.0 Å². The summed E-state index contributed by atoms with van der Waals surface area (Å²) in [5, 5.41) is 15.7. The highest BCUT2D eigenvalue weighted by Gasteiger charge is 2.18. The summed E-state index contributed by atoms with van der Waals surface area (Å²) in [6, 6.07) is 11.9. The van der Waals surface area contributed by atoms with E-state index in [4.69, 9.17) is 26.5 Å². The van der Waals surface area contributed by atoms with E-state index in [-0.39, 0.29) is 10.7 Å². The first-order valence-corrected chi connectivity index (χ1v) is 10.6. The third-order valence-corrected chi connectivity index (χ3v) is 6.19. The maximum Gasteiger partial charge on any atom is 0.206 e. The van der Waals surface area contributed by atoms with E-state index < -0.39 is 11.6 Å². The van der Waals surface area contributed by atoms with Gasteiger partial charge < -0.3 is 0 Å². The van der Waals surface area contributed by atoms with Crippen LogP contribution in [0.2, 0.25) is 0 Å². The first-order chi connectivity index (χ1) is 17.6. The monoisotopic (exact) mass is 470 g/mol. The normalized spacial score (nSPS) is 13.0. The van der Waals surface area contributed by atoms with E-state index in [1.54, 1.807) is 30.5 Å². The Morgan fingerprint density at radius 3 is 1.64 bits per heavy atom. The highest BCUT2D eigenvalue weighted by Crippen LogP contribution is 2.29. The van der Waals surface area contributed by atoms with Crippen LogP contribution in [0.25, 0.3) is 70.6 Å². The standard InChI is InChI=1S/C26H8F2N8/c1-30-36-24-16-7-12(28)3-5-14(16)23-26(24)35-20-9-17-19(8-18(20)33-23)34-25-21(31-10-29)15-6-11(27)2-4-13(15)22(25)32-17/h2-9H/b31-21?,36-24-. The molecular formula is C26H8F2N8. The van der Waals surface area contributed by atoms with Gasteiger partial charge in [-0.2, -0.15) is 16.8 Å². The van der Waals surface area contributed by atoms with Gasteiger partial charge in [-0.1, -0.05) is 0 Å². The van der Waals surface area contributed by atoms with Crippen LogP contribution in [0.1, 0.15) is 0 Å². The number of halogens is 2. The molecule has 10 heteroatoms. The second-order valence-electron chi connectivity index (χ2n) is 8.16. The Kier molecular flexibility index (Phi) is 3.88. The molecule has 0 saturated carbocycles. The third-order valence-electron chi connectivity index (χ3n) is 6.19. The molecule has 0 bridgehead atoms. The Labute approximate surface area is 198 Å². The molecular weight excluding hydrogens is 462 g/mol. The van der Waals surface area contributed by atoms with Crippen molar-refractivity contribution in [3.63, 3.8) is 0 Å². The molecule has 0 N–H and O–H groups in total. The number of aromatic nitrogens is 4. The number of nitriles is 1. The molecule has 8 nitrogen and oxygen atoms in total. The second-order valence-corrected chi connectivity index (χ2v) is 8.16. The Hall–Kier alpha value is -5.48. The first kappa shape index (κ1) is 19.9. The number of nitrogens with zero attached hydrogens (tertiary/aromatic N) is 8. The van der Waals surface area contributed by atoms with Crippen molar-refractivity contribution in [2.75, 3.05) is 0 Å². The van der Waals surface area contributed by atoms with E-state index >= 15 is 0 Å². The summed E-state index contributed by atoms with van der Waals surface area (Å²) in [5.74, 6) is -0.908. The summed E-state index contributed by atoms with van der Waals surface area (Å²) in [4.78, 5) is 25.9. The van der Waals surface area contributed by atoms with Crippen LogP contribution in [0, 0.1) is 29.7 Å². The van der Waals surface area contributed by atoms with Gasteiger partial charge in [0.25, 0.3) is 0 Å². The number of rotatable bonds is 0. The predicted octanol–water partition coefficient (Wildman–Crippen LogP) is 4.46. The third kappa shape index (κ3) is 2.64. The van der Waals surface area contributed by atoms with Crippen molar-refractivity contribution in [3.8, 4) is 6.19 Å².